The van der Waals surface area contributed by atoms with Gasteiger partial charge >= 0.3 is 5.97 Å². The van der Waals surface area contributed by atoms with E-state index in [0.717, 1.165) is 10.0 Å². The van der Waals surface area contributed by atoms with Crippen molar-refractivity contribution in [3.05, 3.63) is 70.2 Å². The number of likely N-dealkylation sites (N-methyl/N-ethyl adjacent to an activating group) is 1. The number of nitrogens with one attached hydrogen (secondary N) is 1. The first-order valence-corrected chi connectivity index (χ1v) is 9.30. The highest BCUT2D eigenvalue weighted by atomic mass is 79.9. The maximum Gasteiger partial charge on any atom is 0.325 e. The summed E-state index contributed by atoms with van der Waals surface area (Å²) in [5, 5.41) is 2.47. The van der Waals surface area contributed by atoms with Crippen LogP contribution in [0.4, 0.5) is 0 Å². The molecule has 1 N–H and O–H groups in total. The van der Waals surface area contributed by atoms with Gasteiger partial charge < -0.3 is 15.0 Å². The lowest BCUT2D eigenvalue weighted by Crippen LogP contribution is -2.36. The Morgan fingerprint density at radius 2 is 1.81 bits per heavy atom. The van der Waals surface area contributed by atoms with Gasteiger partial charge in [-0.25, -0.2) is 0 Å². The van der Waals surface area contributed by atoms with Crippen LogP contribution in [0.3, 0.4) is 0 Å². The first kappa shape index (κ1) is 20.6. The molecule has 0 heterocycles. The van der Waals surface area contributed by atoms with Crippen molar-refractivity contribution in [2.24, 2.45) is 0 Å². The van der Waals surface area contributed by atoms with Crippen LogP contribution in [0.5, 0.6) is 0 Å². The predicted octanol–water partition coefficient (Wildman–Crippen LogP) is 2.77. The van der Waals surface area contributed by atoms with E-state index in [1.165, 1.54) is 0 Å². The fraction of sp³-hybridized carbons (Fsp3) is 0.250. The van der Waals surface area contributed by atoms with Crippen molar-refractivity contribution < 1.29 is 19.1 Å². The molecule has 0 spiro atoms. The molecule has 0 aliphatic rings. The number of rotatable bonds is 8. The minimum absolute atomic E-state index is 0.284. The number of carbonyl (C=O) groups is 3. The molecule has 2 rings (SSSR count). The molecular formula is C20H21BrN2O4. The third-order valence-electron chi connectivity index (χ3n) is 3.79. The van der Waals surface area contributed by atoms with Crippen molar-refractivity contribution in [3.8, 4) is 0 Å². The second-order valence-electron chi connectivity index (χ2n) is 5.75. The molecule has 2 aromatic carbocycles. The second-order valence-corrected chi connectivity index (χ2v) is 6.66. The smallest absolute Gasteiger partial charge is 0.325 e. The fourth-order valence-corrected chi connectivity index (χ4v) is 2.75. The molecule has 2 aromatic rings. The number of hydrogen-bond donors (Lipinski definition) is 1. The zero-order valence-corrected chi connectivity index (χ0v) is 16.6. The van der Waals surface area contributed by atoms with E-state index in [4.69, 9.17) is 4.74 Å². The largest absolute Gasteiger partial charge is 0.454 e. The molecule has 0 aromatic heterocycles. The van der Waals surface area contributed by atoms with Gasteiger partial charge in [-0.15, -0.1) is 0 Å². The molecule has 6 nitrogen and oxygen atoms in total. The van der Waals surface area contributed by atoms with Crippen molar-refractivity contribution >= 4 is 33.7 Å². The molecule has 0 saturated heterocycles. The normalized spacial score (nSPS) is 10.1. The third-order valence-corrected chi connectivity index (χ3v) is 4.28. The van der Waals surface area contributed by atoms with Crippen LogP contribution < -0.4 is 5.32 Å². The van der Waals surface area contributed by atoms with E-state index in [1.54, 1.807) is 29.2 Å². The first-order chi connectivity index (χ1) is 13.0. The Labute approximate surface area is 166 Å². The van der Waals surface area contributed by atoms with Crippen molar-refractivity contribution in [1.29, 1.82) is 0 Å². The zero-order valence-electron chi connectivity index (χ0n) is 15.0. The minimum atomic E-state index is -0.664. The molecule has 7 heteroatoms. The van der Waals surface area contributed by atoms with Gasteiger partial charge in [-0.3, -0.25) is 14.4 Å². The lowest BCUT2D eigenvalue weighted by atomic mass is 10.2. The van der Waals surface area contributed by atoms with Crippen LogP contribution in [-0.2, 0) is 20.9 Å². The maximum absolute atomic E-state index is 12.2. The number of hydrogen-bond acceptors (Lipinski definition) is 4. The first-order valence-electron chi connectivity index (χ1n) is 8.50. The number of esters is 1. The minimum Gasteiger partial charge on any atom is -0.454 e. The van der Waals surface area contributed by atoms with E-state index in [2.05, 4.69) is 21.2 Å². The van der Waals surface area contributed by atoms with Crippen LogP contribution in [0.15, 0.2) is 59.1 Å². The van der Waals surface area contributed by atoms with Crippen molar-refractivity contribution in [2.45, 2.75) is 13.5 Å². The number of nitrogens with zero attached hydrogens (tertiary/aromatic N) is 1. The quantitative estimate of drug-likeness (QED) is 0.650. The third kappa shape index (κ3) is 6.86. The summed E-state index contributed by atoms with van der Waals surface area (Å²) in [7, 11) is 0. The highest BCUT2D eigenvalue weighted by Crippen LogP contribution is 2.11. The van der Waals surface area contributed by atoms with Crippen LogP contribution in [-0.4, -0.2) is 42.4 Å². The summed E-state index contributed by atoms with van der Waals surface area (Å²) < 4.78 is 5.75. The molecule has 0 saturated carbocycles. The molecule has 27 heavy (non-hydrogen) atoms. The maximum atomic E-state index is 12.2. The molecule has 0 radical (unpaired) electrons. The summed E-state index contributed by atoms with van der Waals surface area (Å²) in [4.78, 5) is 37.6. The van der Waals surface area contributed by atoms with Gasteiger partial charge in [0.25, 0.3) is 11.8 Å². The van der Waals surface area contributed by atoms with Crippen LogP contribution in [0.1, 0.15) is 22.8 Å². The van der Waals surface area contributed by atoms with Gasteiger partial charge in [0.15, 0.2) is 6.61 Å². The van der Waals surface area contributed by atoms with Crippen molar-refractivity contribution in [3.63, 3.8) is 0 Å². The molecule has 0 fully saturated rings. The van der Waals surface area contributed by atoms with Gasteiger partial charge in [-0.05, 0) is 30.7 Å². The van der Waals surface area contributed by atoms with Crippen molar-refractivity contribution in [1.82, 2.24) is 10.2 Å². The van der Waals surface area contributed by atoms with Crippen LogP contribution in [0.25, 0.3) is 0 Å². The van der Waals surface area contributed by atoms with Gasteiger partial charge in [0.05, 0.1) is 0 Å². The van der Waals surface area contributed by atoms with E-state index < -0.39 is 5.97 Å². The van der Waals surface area contributed by atoms with E-state index >= 15 is 0 Å². The summed E-state index contributed by atoms with van der Waals surface area (Å²) in [6, 6.07) is 16.4. The molecule has 2 amide bonds. The standard InChI is InChI=1S/C20H21BrN2O4/c1-2-23(13-15-7-4-3-5-8-15)18(24)14-27-19(25)12-22-20(26)16-9-6-10-17(21)11-16/h3-11H,2,12-14H2,1H3,(H,22,26). The van der Waals surface area contributed by atoms with E-state index in [1.807, 2.05) is 37.3 Å². The lowest BCUT2D eigenvalue weighted by molar-refractivity contribution is -0.151. The molecule has 142 valence electrons. The van der Waals surface area contributed by atoms with Gasteiger partial charge in [-0.1, -0.05) is 52.3 Å². The van der Waals surface area contributed by atoms with E-state index in [0.29, 0.717) is 18.7 Å². The van der Waals surface area contributed by atoms with Crippen molar-refractivity contribution in [2.75, 3.05) is 19.7 Å². The Bertz CT molecular complexity index is 796. The number of benzene rings is 2. The molecular weight excluding hydrogens is 412 g/mol. The number of amides is 2. The van der Waals surface area contributed by atoms with Gasteiger partial charge in [0.2, 0.25) is 0 Å². The average Bonchev–Trinajstić information content (AvgIpc) is 2.69. The predicted molar refractivity (Wildman–Crippen MR) is 105 cm³/mol. The van der Waals surface area contributed by atoms with E-state index in [9.17, 15) is 14.4 Å². The second kappa shape index (κ2) is 10.5. The summed E-state index contributed by atoms with van der Waals surface area (Å²) in [6.45, 7) is 2.16. The molecule has 0 bridgehead atoms. The van der Waals surface area contributed by atoms with Gasteiger partial charge in [-0.2, -0.15) is 0 Å². The summed E-state index contributed by atoms with van der Waals surface area (Å²) in [5.41, 5.74) is 1.42. The van der Waals surface area contributed by atoms with Crippen LogP contribution >= 0.6 is 15.9 Å². The summed E-state index contributed by atoms with van der Waals surface area (Å²) in [5.74, 6) is -1.34. The molecule has 0 aliphatic carbocycles. The fourth-order valence-electron chi connectivity index (χ4n) is 2.35. The number of carbonyl (C=O) groups excluding carboxylic acids is 3. The highest BCUT2D eigenvalue weighted by molar-refractivity contribution is 9.10. The molecule has 0 aliphatic heterocycles. The zero-order chi connectivity index (χ0) is 19.6. The summed E-state index contributed by atoms with van der Waals surface area (Å²) >= 11 is 3.28. The van der Waals surface area contributed by atoms with Gasteiger partial charge in [0, 0.05) is 23.1 Å². The van der Waals surface area contributed by atoms with Crippen LogP contribution in [0, 0.1) is 0 Å². The number of halogens is 1. The van der Waals surface area contributed by atoms with E-state index in [-0.39, 0.29) is 25.0 Å². The monoisotopic (exact) mass is 432 g/mol. The Morgan fingerprint density at radius 3 is 2.48 bits per heavy atom. The Balaban J connectivity index is 1.76. The molecule has 0 atom stereocenters. The van der Waals surface area contributed by atoms with Crippen LogP contribution in [0.2, 0.25) is 0 Å². The summed E-state index contributed by atoms with van der Waals surface area (Å²) in [6.07, 6.45) is 0. The SMILES string of the molecule is CCN(Cc1ccccc1)C(=O)COC(=O)CNC(=O)c1cccc(Br)c1. The number of ether oxygens (including phenoxy) is 1. The van der Waals surface area contributed by atoms with Gasteiger partial charge in [0.1, 0.15) is 6.54 Å². The highest BCUT2D eigenvalue weighted by Gasteiger charge is 2.15. The Morgan fingerprint density at radius 1 is 1.07 bits per heavy atom. The Hall–Kier alpha value is -2.67. The molecule has 0 unspecified atom stereocenters. The lowest BCUT2D eigenvalue weighted by Gasteiger charge is -2.20. The Kier molecular flexibility index (Phi) is 8.00. The topological polar surface area (TPSA) is 75.7 Å². The average molecular weight is 433 g/mol.